The summed E-state index contributed by atoms with van der Waals surface area (Å²) in [5.74, 6) is 1.57. The number of anilines is 1. The Labute approximate surface area is 157 Å². The van der Waals surface area contributed by atoms with Gasteiger partial charge in [-0.1, -0.05) is 6.07 Å². The minimum atomic E-state index is -0.0266. The monoisotopic (exact) mass is 363 g/mol. The number of piperazine rings is 1. The number of carbonyl (C=O) groups excluding carboxylic acids is 1. The lowest BCUT2D eigenvalue weighted by Gasteiger charge is -2.35. The molecule has 1 fully saturated rings. The summed E-state index contributed by atoms with van der Waals surface area (Å²) in [5.41, 5.74) is 2.47. The van der Waals surface area contributed by atoms with Crippen LogP contribution >= 0.6 is 0 Å². The Morgan fingerprint density at radius 2 is 1.74 bits per heavy atom. The summed E-state index contributed by atoms with van der Waals surface area (Å²) in [6.45, 7) is 6.66. The maximum atomic E-state index is 12.5. The number of nitrogens with zero attached hydrogens (tertiary/aromatic N) is 7. The lowest BCUT2D eigenvalue weighted by atomic mass is 10.2. The number of rotatable bonds is 3. The first-order valence-corrected chi connectivity index (χ1v) is 8.93. The zero-order valence-corrected chi connectivity index (χ0v) is 15.4. The maximum Gasteiger partial charge on any atom is 0.272 e. The van der Waals surface area contributed by atoms with Crippen molar-refractivity contribution in [1.29, 1.82) is 0 Å². The fourth-order valence-corrected chi connectivity index (χ4v) is 3.28. The molecule has 0 atom stereocenters. The Kier molecular flexibility index (Phi) is 4.53. The van der Waals surface area contributed by atoms with Gasteiger partial charge in [0, 0.05) is 44.1 Å². The topological polar surface area (TPSA) is 80.0 Å². The summed E-state index contributed by atoms with van der Waals surface area (Å²) in [7, 11) is 0. The molecule has 4 heterocycles. The molecule has 138 valence electrons. The quantitative estimate of drug-likeness (QED) is 0.704. The van der Waals surface area contributed by atoms with Gasteiger partial charge >= 0.3 is 0 Å². The van der Waals surface area contributed by atoms with Gasteiger partial charge in [-0.3, -0.25) is 9.78 Å². The van der Waals surface area contributed by atoms with Gasteiger partial charge in [-0.2, -0.15) is 5.10 Å². The van der Waals surface area contributed by atoms with E-state index in [9.17, 15) is 4.79 Å². The molecule has 8 nitrogen and oxygen atoms in total. The fourth-order valence-electron chi connectivity index (χ4n) is 3.28. The van der Waals surface area contributed by atoms with Crippen LogP contribution in [-0.2, 0) is 0 Å². The summed E-state index contributed by atoms with van der Waals surface area (Å²) in [6, 6.07) is 9.35. The maximum absolute atomic E-state index is 12.5. The Balaban J connectivity index is 1.46. The molecule has 0 saturated carbocycles. The lowest BCUT2D eigenvalue weighted by Crippen LogP contribution is -2.49. The van der Waals surface area contributed by atoms with E-state index >= 15 is 0 Å². The van der Waals surface area contributed by atoms with Crippen LogP contribution in [0.3, 0.4) is 0 Å². The van der Waals surface area contributed by atoms with Crippen molar-refractivity contribution >= 4 is 11.7 Å². The average Bonchev–Trinajstić information content (AvgIpc) is 3.06. The lowest BCUT2D eigenvalue weighted by molar-refractivity contribution is 0.0740. The van der Waals surface area contributed by atoms with Crippen LogP contribution in [0, 0.1) is 13.8 Å². The Bertz CT molecular complexity index is 946. The number of carbonyl (C=O) groups is 1. The van der Waals surface area contributed by atoms with E-state index in [4.69, 9.17) is 0 Å². The van der Waals surface area contributed by atoms with Gasteiger partial charge in [-0.15, -0.1) is 0 Å². The van der Waals surface area contributed by atoms with Crippen LogP contribution in [0.25, 0.3) is 5.82 Å². The van der Waals surface area contributed by atoms with E-state index in [1.807, 2.05) is 47.7 Å². The van der Waals surface area contributed by atoms with E-state index in [0.29, 0.717) is 31.9 Å². The summed E-state index contributed by atoms with van der Waals surface area (Å²) < 4.78 is 1.82. The van der Waals surface area contributed by atoms with E-state index in [-0.39, 0.29) is 5.91 Å². The van der Waals surface area contributed by atoms with Crippen LogP contribution in [0.15, 0.2) is 42.9 Å². The molecular formula is C19H21N7O. The Morgan fingerprint density at radius 1 is 0.963 bits per heavy atom. The van der Waals surface area contributed by atoms with Gasteiger partial charge in [-0.05, 0) is 32.0 Å². The van der Waals surface area contributed by atoms with Crippen molar-refractivity contribution < 1.29 is 4.79 Å². The molecule has 27 heavy (non-hydrogen) atoms. The molecule has 0 aliphatic carbocycles. The van der Waals surface area contributed by atoms with Crippen molar-refractivity contribution in [3.8, 4) is 5.82 Å². The zero-order valence-electron chi connectivity index (χ0n) is 15.4. The molecule has 3 aromatic rings. The number of hydrogen-bond acceptors (Lipinski definition) is 6. The van der Waals surface area contributed by atoms with E-state index in [0.717, 1.165) is 23.0 Å². The highest BCUT2D eigenvalue weighted by Gasteiger charge is 2.23. The van der Waals surface area contributed by atoms with Gasteiger partial charge in [-0.25, -0.2) is 14.6 Å². The minimum Gasteiger partial charge on any atom is -0.353 e. The first-order chi connectivity index (χ1) is 13.1. The number of hydrogen-bond donors (Lipinski definition) is 0. The number of aryl methyl sites for hydroxylation is 2. The van der Waals surface area contributed by atoms with Crippen molar-refractivity contribution in [2.75, 3.05) is 31.1 Å². The van der Waals surface area contributed by atoms with Crippen LogP contribution in [0.2, 0.25) is 0 Å². The summed E-state index contributed by atoms with van der Waals surface area (Å²) >= 11 is 0. The second kappa shape index (κ2) is 7.14. The molecule has 0 N–H and O–H groups in total. The van der Waals surface area contributed by atoms with Crippen LogP contribution in [0.1, 0.15) is 21.9 Å². The SMILES string of the molecule is Cc1cc(C)n(-c2cc(N3CCN(C(=O)c4ccccn4)CC3)ncn2)n1. The van der Waals surface area contributed by atoms with Gasteiger partial charge in [0.05, 0.1) is 5.69 Å². The molecule has 1 aliphatic heterocycles. The molecule has 8 heteroatoms. The smallest absolute Gasteiger partial charge is 0.272 e. The van der Waals surface area contributed by atoms with Crippen LogP contribution < -0.4 is 4.90 Å². The normalized spacial score (nSPS) is 14.4. The fraction of sp³-hybridized carbons (Fsp3) is 0.316. The molecule has 1 aliphatic rings. The van der Waals surface area contributed by atoms with Crippen molar-refractivity contribution in [2.24, 2.45) is 0 Å². The van der Waals surface area contributed by atoms with Crippen LogP contribution in [0.4, 0.5) is 5.82 Å². The highest BCUT2D eigenvalue weighted by molar-refractivity contribution is 5.92. The van der Waals surface area contributed by atoms with Crippen LogP contribution in [0.5, 0.6) is 0 Å². The van der Waals surface area contributed by atoms with Crippen LogP contribution in [-0.4, -0.2) is 61.7 Å². The highest BCUT2D eigenvalue weighted by Crippen LogP contribution is 2.18. The summed E-state index contributed by atoms with van der Waals surface area (Å²) in [6.07, 6.45) is 3.21. The first-order valence-electron chi connectivity index (χ1n) is 8.93. The number of pyridine rings is 1. The third kappa shape index (κ3) is 3.51. The molecular weight excluding hydrogens is 342 g/mol. The van der Waals surface area contributed by atoms with Gasteiger partial charge in [0.2, 0.25) is 0 Å². The Morgan fingerprint density at radius 3 is 2.41 bits per heavy atom. The third-order valence-corrected chi connectivity index (χ3v) is 4.64. The molecule has 0 aromatic carbocycles. The van der Waals surface area contributed by atoms with Gasteiger partial charge in [0.25, 0.3) is 5.91 Å². The van der Waals surface area contributed by atoms with Gasteiger partial charge in [0.1, 0.15) is 17.8 Å². The molecule has 1 saturated heterocycles. The Hall–Kier alpha value is -3.29. The predicted octanol–water partition coefficient (Wildman–Crippen LogP) is 1.64. The van der Waals surface area contributed by atoms with E-state index in [1.54, 1.807) is 18.6 Å². The first kappa shape index (κ1) is 17.1. The van der Waals surface area contributed by atoms with E-state index in [1.165, 1.54) is 0 Å². The highest BCUT2D eigenvalue weighted by atomic mass is 16.2. The molecule has 4 rings (SSSR count). The van der Waals surface area contributed by atoms with Crippen molar-refractivity contribution in [1.82, 2.24) is 29.6 Å². The molecule has 0 unspecified atom stereocenters. The van der Waals surface area contributed by atoms with E-state index < -0.39 is 0 Å². The summed E-state index contributed by atoms with van der Waals surface area (Å²) in [5, 5.41) is 4.48. The predicted molar refractivity (Wildman–Crippen MR) is 101 cm³/mol. The number of aromatic nitrogens is 5. The largest absolute Gasteiger partial charge is 0.353 e. The van der Waals surface area contributed by atoms with Gasteiger partial charge in [0.15, 0.2) is 5.82 Å². The van der Waals surface area contributed by atoms with E-state index in [2.05, 4.69) is 25.0 Å². The molecule has 0 bridgehead atoms. The molecule has 0 radical (unpaired) electrons. The van der Waals surface area contributed by atoms with Gasteiger partial charge < -0.3 is 9.80 Å². The summed E-state index contributed by atoms with van der Waals surface area (Å²) in [4.78, 5) is 29.4. The molecule has 1 amide bonds. The molecule has 3 aromatic heterocycles. The molecule has 0 spiro atoms. The van der Waals surface area contributed by atoms with Crippen molar-refractivity contribution in [2.45, 2.75) is 13.8 Å². The second-order valence-electron chi connectivity index (χ2n) is 6.57. The zero-order chi connectivity index (χ0) is 18.8. The second-order valence-corrected chi connectivity index (χ2v) is 6.57. The third-order valence-electron chi connectivity index (χ3n) is 4.64. The number of amides is 1. The minimum absolute atomic E-state index is 0.0266. The standard InChI is InChI=1S/C19H21N7O/c1-14-11-15(2)26(23-14)18-12-17(21-13-22-18)24-7-9-25(10-8-24)19(27)16-5-3-4-6-20-16/h3-6,11-13H,7-10H2,1-2H3. The average molecular weight is 363 g/mol. The van der Waals surface area contributed by atoms with Crippen molar-refractivity contribution in [3.05, 3.63) is 59.9 Å². The van der Waals surface area contributed by atoms with Crippen molar-refractivity contribution in [3.63, 3.8) is 0 Å².